The van der Waals surface area contributed by atoms with E-state index in [0.29, 0.717) is 0 Å². The van der Waals surface area contributed by atoms with Gasteiger partial charge in [0.05, 0.1) is 6.07 Å². The molecular weight excluding hydrogens is 148 g/mol. The van der Waals surface area contributed by atoms with Gasteiger partial charge in [0, 0.05) is 6.07 Å². The fourth-order valence-corrected chi connectivity index (χ4v) is 0.849. The Labute approximate surface area is 65.7 Å². The molecule has 0 atom stereocenters. The van der Waals surface area contributed by atoms with Crippen molar-refractivity contribution in [1.82, 2.24) is 0 Å². The molecule has 0 unspecified atom stereocenters. The van der Waals surface area contributed by atoms with Crippen molar-refractivity contribution in [3.8, 4) is 5.75 Å². The molecular formula is C8H5ClO. The van der Waals surface area contributed by atoms with E-state index >= 15 is 0 Å². The predicted molar refractivity (Wildman–Crippen MR) is 34.8 cm³/mol. The summed E-state index contributed by atoms with van der Waals surface area (Å²) in [4.78, 5) is 0. The van der Waals surface area contributed by atoms with Crippen LogP contribution >= 0.6 is 0 Å². The van der Waals surface area contributed by atoms with Crippen molar-refractivity contribution >= 4 is 6.08 Å². The molecule has 0 radical (unpaired) electrons. The first-order chi connectivity index (χ1) is 4.47. The smallest absolute Gasteiger partial charge is 0.299 e. The molecule has 1 aliphatic rings. The van der Waals surface area contributed by atoms with Crippen LogP contribution in [0.5, 0.6) is 5.75 Å². The Kier molecular flexibility index (Phi) is 1.91. The highest BCUT2D eigenvalue weighted by molar-refractivity contribution is 5.58. The quantitative estimate of drug-likeness (QED) is 0.427. The third-order valence-corrected chi connectivity index (χ3v) is 1.30. The highest BCUT2D eigenvalue weighted by atomic mass is 35.5. The van der Waals surface area contributed by atoms with Crippen molar-refractivity contribution in [3.05, 3.63) is 36.1 Å². The van der Waals surface area contributed by atoms with Gasteiger partial charge in [-0.3, -0.25) is 4.74 Å². The van der Waals surface area contributed by atoms with Crippen LogP contribution in [0.2, 0.25) is 0 Å². The van der Waals surface area contributed by atoms with Gasteiger partial charge in [0.2, 0.25) is 6.26 Å². The monoisotopic (exact) mass is 152 g/mol. The molecule has 2 rings (SSSR count). The highest BCUT2D eigenvalue weighted by Gasteiger charge is 2.16. The molecule has 1 heterocycles. The molecule has 0 saturated carbocycles. The maximum atomic E-state index is 4.99. The first kappa shape index (κ1) is 7.07. The summed E-state index contributed by atoms with van der Waals surface area (Å²) < 4.78 is 4.99. The van der Waals surface area contributed by atoms with Crippen molar-refractivity contribution in [2.24, 2.45) is 0 Å². The molecule has 0 N–H and O–H groups in total. The predicted octanol–water partition coefficient (Wildman–Crippen LogP) is -1.14. The summed E-state index contributed by atoms with van der Waals surface area (Å²) in [5, 5.41) is 0. The molecule has 1 aromatic rings. The van der Waals surface area contributed by atoms with Gasteiger partial charge in [-0.25, -0.2) is 0 Å². The topological polar surface area (TPSA) is 9.23 Å². The maximum absolute atomic E-state index is 4.99. The first-order valence-electron chi connectivity index (χ1n) is 2.81. The zero-order chi connectivity index (χ0) is 6.10. The Hall–Kier alpha value is -1.04. The summed E-state index contributed by atoms with van der Waals surface area (Å²) in [6.07, 6.45) is 4.49. The number of benzene rings is 1. The Bertz CT molecular complexity index is 255. The third-order valence-electron chi connectivity index (χ3n) is 1.30. The van der Waals surface area contributed by atoms with E-state index in [0.717, 1.165) is 11.3 Å². The number of fused-ring (bicyclic) bond motifs is 1. The maximum Gasteiger partial charge on any atom is 0.299 e. The Morgan fingerprint density at radius 3 is 2.80 bits per heavy atom. The second-order valence-electron chi connectivity index (χ2n) is 1.90. The first-order valence-corrected chi connectivity index (χ1v) is 2.81. The molecule has 0 spiro atoms. The standard InChI is InChI=1S/C8H5O.ClH/c1-2-4-8-7(3-1)5-6-9-8;/h1-5H;1H/q+1;/p-1. The third kappa shape index (κ3) is 0.971. The van der Waals surface area contributed by atoms with E-state index < -0.39 is 0 Å². The van der Waals surface area contributed by atoms with Crippen LogP contribution in [0.4, 0.5) is 0 Å². The fraction of sp³-hybridized carbons (Fsp3) is 0. The van der Waals surface area contributed by atoms with Crippen LogP contribution in [0.3, 0.4) is 0 Å². The molecule has 0 bridgehead atoms. The molecule has 1 nitrogen and oxygen atoms in total. The highest BCUT2D eigenvalue weighted by Crippen LogP contribution is 2.23. The Morgan fingerprint density at radius 1 is 1.20 bits per heavy atom. The normalized spacial score (nSPS) is 10.8. The van der Waals surface area contributed by atoms with Gasteiger partial charge in [-0.15, -0.1) is 0 Å². The molecule has 0 aromatic heterocycles. The Morgan fingerprint density at radius 2 is 2.00 bits per heavy atom. The lowest BCUT2D eigenvalue weighted by atomic mass is 10.2. The second-order valence-corrected chi connectivity index (χ2v) is 1.90. The molecule has 1 aliphatic heterocycles. The molecule has 0 amide bonds. The zero-order valence-corrected chi connectivity index (χ0v) is 5.93. The van der Waals surface area contributed by atoms with Gasteiger partial charge < -0.3 is 12.4 Å². The average Bonchev–Trinajstić information content (AvgIpc) is 2.33. The number of halogens is 1. The van der Waals surface area contributed by atoms with Crippen molar-refractivity contribution in [3.63, 3.8) is 0 Å². The zero-order valence-electron chi connectivity index (χ0n) is 5.17. The summed E-state index contributed by atoms with van der Waals surface area (Å²) in [6, 6.07) is 7.84. The second kappa shape index (κ2) is 2.70. The van der Waals surface area contributed by atoms with Crippen LogP contribution in [0.25, 0.3) is 6.08 Å². The lowest BCUT2D eigenvalue weighted by Crippen LogP contribution is -3.00. The van der Waals surface area contributed by atoms with E-state index in [-0.39, 0.29) is 12.4 Å². The molecule has 0 fully saturated rings. The van der Waals surface area contributed by atoms with Crippen LogP contribution in [0.15, 0.2) is 24.3 Å². The Balaban J connectivity index is 0.000000500. The van der Waals surface area contributed by atoms with Crippen LogP contribution in [-0.2, 0) is 0 Å². The number of rotatable bonds is 0. The van der Waals surface area contributed by atoms with Gasteiger partial charge in [-0.2, -0.15) is 0 Å². The lowest BCUT2D eigenvalue weighted by molar-refractivity contribution is -0.00000208. The van der Waals surface area contributed by atoms with Gasteiger partial charge in [-0.05, 0) is 12.1 Å². The summed E-state index contributed by atoms with van der Waals surface area (Å²) in [5.74, 6) is 0.900. The molecule has 0 aliphatic carbocycles. The molecule has 1 aromatic carbocycles. The minimum atomic E-state index is 0. The molecule has 10 heavy (non-hydrogen) atoms. The van der Waals surface area contributed by atoms with Crippen LogP contribution < -0.4 is 17.1 Å². The van der Waals surface area contributed by atoms with Crippen molar-refractivity contribution in [1.29, 1.82) is 0 Å². The van der Waals surface area contributed by atoms with Crippen LogP contribution in [0, 0.1) is 6.26 Å². The number of hydrogen-bond acceptors (Lipinski definition) is 1. The number of ether oxygens (including phenoxy) is 1. The molecule has 2 heteroatoms. The largest absolute Gasteiger partial charge is 1.00 e. The van der Waals surface area contributed by atoms with Gasteiger partial charge in [0.1, 0.15) is 0 Å². The van der Waals surface area contributed by atoms with E-state index in [4.69, 9.17) is 4.74 Å². The van der Waals surface area contributed by atoms with E-state index in [1.165, 1.54) is 0 Å². The van der Waals surface area contributed by atoms with Crippen LogP contribution in [0.1, 0.15) is 5.56 Å². The van der Waals surface area contributed by atoms with E-state index in [1.54, 1.807) is 0 Å². The van der Waals surface area contributed by atoms with Crippen molar-refractivity contribution < 1.29 is 17.1 Å². The van der Waals surface area contributed by atoms with Gasteiger partial charge in [0.25, 0.3) is 5.75 Å². The summed E-state index contributed by atoms with van der Waals surface area (Å²) in [6.45, 7) is 0. The van der Waals surface area contributed by atoms with Crippen molar-refractivity contribution in [2.75, 3.05) is 0 Å². The minimum absolute atomic E-state index is 0. The summed E-state index contributed by atoms with van der Waals surface area (Å²) in [5.41, 5.74) is 1.11. The van der Waals surface area contributed by atoms with E-state index in [2.05, 4.69) is 6.26 Å². The summed E-state index contributed by atoms with van der Waals surface area (Å²) in [7, 11) is 0. The van der Waals surface area contributed by atoms with E-state index in [9.17, 15) is 0 Å². The summed E-state index contributed by atoms with van der Waals surface area (Å²) >= 11 is 0. The van der Waals surface area contributed by atoms with Gasteiger partial charge in [0.15, 0.2) is 11.6 Å². The van der Waals surface area contributed by atoms with Crippen LogP contribution in [-0.4, -0.2) is 0 Å². The molecule has 0 saturated heterocycles. The lowest BCUT2D eigenvalue weighted by Gasteiger charge is -1.80. The molecule has 50 valence electrons. The average molecular weight is 153 g/mol. The minimum Gasteiger partial charge on any atom is -1.00 e. The number of para-hydroxylation sites is 1. The number of hydrogen-bond donors (Lipinski definition) is 0. The van der Waals surface area contributed by atoms with E-state index in [1.807, 2.05) is 30.3 Å². The van der Waals surface area contributed by atoms with Crippen molar-refractivity contribution in [2.45, 2.75) is 0 Å². The fourth-order valence-electron chi connectivity index (χ4n) is 0.849. The van der Waals surface area contributed by atoms with Gasteiger partial charge in [-0.1, -0.05) is 0 Å². The van der Waals surface area contributed by atoms with Gasteiger partial charge >= 0.3 is 0 Å². The SMILES string of the molecule is [C+]1=Cc2ccccc2O1.[Cl-].